The Kier molecular flexibility index (Phi) is 5.81. The number of nitrogens with one attached hydrogen (secondary N) is 1. The Labute approximate surface area is 141 Å². The molecule has 3 heterocycles. The molecule has 132 valence electrons. The zero-order valence-electron chi connectivity index (χ0n) is 15.0. The number of hydrogen-bond donors (Lipinski definition) is 1. The standard InChI is InChI=1S/C18H34N4O/c1-16-4-10-21(11-5-16)9-3-8-20-17(19-2)22-12-6-18(14-22)7-13-23-15-18/h16H,3-15H2,1-2H3,(H,19,20). The molecule has 1 atom stereocenters. The van der Waals surface area contributed by atoms with Crippen molar-refractivity contribution in [2.75, 3.05) is 59.5 Å². The van der Waals surface area contributed by atoms with E-state index < -0.39 is 0 Å². The summed E-state index contributed by atoms with van der Waals surface area (Å²) in [5.74, 6) is 2.01. The zero-order valence-corrected chi connectivity index (χ0v) is 15.0. The van der Waals surface area contributed by atoms with Crippen LogP contribution >= 0.6 is 0 Å². The fourth-order valence-electron chi connectivity index (χ4n) is 4.21. The highest BCUT2D eigenvalue weighted by Crippen LogP contribution is 2.38. The van der Waals surface area contributed by atoms with Crippen molar-refractivity contribution in [2.24, 2.45) is 16.3 Å². The molecule has 0 saturated carbocycles. The first-order valence-corrected chi connectivity index (χ1v) is 9.46. The third-order valence-corrected chi connectivity index (χ3v) is 5.95. The van der Waals surface area contributed by atoms with Crippen LogP contribution in [0.25, 0.3) is 0 Å². The maximum absolute atomic E-state index is 5.62. The van der Waals surface area contributed by atoms with Crippen LogP contribution < -0.4 is 5.32 Å². The lowest BCUT2D eigenvalue weighted by Gasteiger charge is -2.30. The van der Waals surface area contributed by atoms with Gasteiger partial charge in [0.25, 0.3) is 0 Å². The minimum absolute atomic E-state index is 0.405. The summed E-state index contributed by atoms with van der Waals surface area (Å²) in [6.45, 7) is 11.3. The van der Waals surface area contributed by atoms with Crippen molar-refractivity contribution in [2.45, 2.75) is 39.0 Å². The average molecular weight is 322 g/mol. The van der Waals surface area contributed by atoms with Crippen molar-refractivity contribution < 1.29 is 4.74 Å². The molecule has 0 aromatic heterocycles. The lowest BCUT2D eigenvalue weighted by atomic mass is 9.87. The van der Waals surface area contributed by atoms with Gasteiger partial charge in [-0.15, -0.1) is 0 Å². The Bertz CT molecular complexity index is 398. The molecule has 5 heteroatoms. The molecule has 0 amide bonds. The molecular formula is C18H34N4O. The molecular weight excluding hydrogens is 288 g/mol. The van der Waals surface area contributed by atoms with E-state index in [1.807, 2.05) is 7.05 Å². The SMILES string of the molecule is CN=C(NCCCN1CCC(C)CC1)N1CCC2(CCOC2)C1. The van der Waals surface area contributed by atoms with Gasteiger partial charge in [0.15, 0.2) is 5.96 Å². The van der Waals surface area contributed by atoms with E-state index in [4.69, 9.17) is 4.74 Å². The Morgan fingerprint density at radius 1 is 1.26 bits per heavy atom. The molecule has 0 aliphatic carbocycles. The van der Waals surface area contributed by atoms with Crippen LogP contribution in [0.5, 0.6) is 0 Å². The van der Waals surface area contributed by atoms with Gasteiger partial charge < -0.3 is 19.9 Å². The first kappa shape index (κ1) is 17.0. The van der Waals surface area contributed by atoms with Gasteiger partial charge in [0, 0.05) is 38.7 Å². The van der Waals surface area contributed by atoms with E-state index in [0.29, 0.717) is 5.41 Å². The molecule has 3 aliphatic heterocycles. The third kappa shape index (κ3) is 4.38. The number of piperidine rings is 1. The quantitative estimate of drug-likeness (QED) is 0.487. The van der Waals surface area contributed by atoms with Gasteiger partial charge in [-0.1, -0.05) is 6.92 Å². The van der Waals surface area contributed by atoms with Gasteiger partial charge in [0.1, 0.15) is 0 Å². The second-order valence-corrected chi connectivity index (χ2v) is 7.83. The van der Waals surface area contributed by atoms with Crippen LogP contribution in [0.2, 0.25) is 0 Å². The highest BCUT2D eigenvalue weighted by Gasteiger charge is 2.42. The number of ether oxygens (including phenoxy) is 1. The molecule has 3 saturated heterocycles. The predicted molar refractivity (Wildman–Crippen MR) is 94.9 cm³/mol. The minimum Gasteiger partial charge on any atom is -0.381 e. The fourth-order valence-corrected chi connectivity index (χ4v) is 4.21. The number of nitrogens with zero attached hydrogens (tertiary/aromatic N) is 3. The monoisotopic (exact) mass is 322 g/mol. The largest absolute Gasteiger partial charge is 0.381 e. The molecule has 1 N–H and O–H groups in total. The van der Waals surface area contributed by atoms with Crippen LogP contribution in [0.1, 0.15) is 39.0 Å². The van der Waals surface area contributed by atoms with Crippen LogP contribution in [0.3, 0.4) is 0 Å². The van der Waals surface area contributed by atoms with Gasteiger partial charge in [0.05, 0.1) is 6.61 Å². The smallest absolute Gasteiger partial charge is 0.193 e. The molecule has 3 aliphatic rings. The maximum Gasteiger partial charge on any atom is 0.193 e. The average Bonchev–Trinajstić information content (AvgIpc) is 3.20. The third-order valence-electron chi connectivity index (χ3n) is 5.95. The van der Waals surface area contributed by atoms with E-state index in [1.54, 1.807) is 0 Å². The molecule has 3 fully saturated rings. The van der Waals surface area contributed by atoms with Crippen molar-refractivity contribution in [1.82, 2.24) is 15.1 Å². The lowest BCUT2D eigenvalue weighted by molar-refractivity contribution is 0.156. The van der Waals surface area contributed by atoms with Gasteiger partial charge >= 0.3 is 0 Å². The first-order valence-electron chi connectivity index (χ1n) is 9.46. The van der Waals surface area contributed by atoms with Crippen molar-refractivity contribution in [1.29, 1.82) is 0 Å². The van der Waals surface area contributed by atoms with Crippen LogP contribution in [-0.4, -0.2) is 75.3 Å². The van der Waals surface area contributed by atoms with Crippen molar-refractivity contribution in [3.8, 4) is 0 Å². The second-order valence-electron chi connectivity index (χ2n) is 7.83. The summed E-state index contributed by atoms with van der Waals surface area (Å²) in [4.78, 5) is 9.54. The van der Waals surface area contributed by atoms with Crippen molar-refractivity contribution >= 4 is 5.96 Å². The summed E-state index contributed by atoms with van der Waals surface area (Å²) in [5.41, 5.74) is 0.405. The Morgan fingerprint density at radius 2 is 2.09 bits per heavy atom. The minimum atomic E-state index is 0.405. The van der Waals surface area contributed by atoms with E-state index in [1.165, 1.54) is 51.7 Å². The van der Waals surface area contributed by atoms with Gasteiger partial charge in [-0.3, -0.25) is 4.99 Å². The Morgan fingerprint density at radius 3 is 2.78 bits per heavy atom. The Balaban J connectivity index is 1.35. The molecule has 0 bridgehead atoms. The van der Waals surface area contributed by atoms with Gasteiger partial charge in [-0.2, -0.15) is 0 Å². The molecule has 23 heavy (non-hydrogen) atoms. The molecule has 0 aromatic rings. The van der Waals surface area contributed by atoms with E-state index in [0.717, 1.165) is 44.7 Å². The molecule has 5 nitrogen and oxygen atoms in total. The van der Waals surface area contributed by atoms with Crippen molar-refractivity contribution in [3.63, 3.8) is 0 Å². The first-order chi connectivity index (χ1) is 11.2. The summed E-state index contributed by atoms with van der Waals surface area (Å²) in [6.07, 6.45) is 6.41. The predicted octanol–water partition coefficient (Wildman–Crippen LogP) is 1.80. The molecule has 0 radical (unpaired) electrons. The molecule has 1 spiro atoms. The van der Waals surface area contributed by atoms with Crippen LogP contribution in [0, 0.1) is 11.3 Å². The number of hydrogen-bond acceptors (Lipinski definition) is 3. The van der Waals surface area contributed by atoms with Crippen LogP contribution in [0.15, 0.2) is 4.99 Å². The lowest BCUT2D eigenvalue weighted by Crippen LogP contribution is -2.42. The molecule has 0 aromatic carbocycles. The molecule has 3 rings (SSSR count). The van der Waals surface area contributed by atoms with E-state index in [9.17, 15) is 0 Å². The fraction of sp³-hybridized carbons (Fsp3) is 0.944. The number of guanidine groups is 1. The summed E-state index contributed by atoms with van der Waals surface area (Å²) < 4.78 is 5.62. The normalized spacial score (nSPS) is 30.5. The second kappa shape index (κ2) is 7.84. The van der Waals surface area contributed by atoms with Gasteiger partial charge in [-0.05, 0) is 57.7 Å². The number of likely N-dealkylation sites (tertiary alicyclic amines) is 2. The number of rotatable bonds is 4. The molecule has 1 unspecified atom stereocenters. The van der Waals surface area contributed by atoms with E-state index in [-0.39, 0.29) is 0 Å². The van der Waals surface area contributed by atoms with Gasteiger partial charge in [-0.25, -0.2) is 0 Å². The van der Waals surface area contributed by atoms with Crippen LogP contribution in [-0.2, 0) is 4.74 Å². The zero-order chi connectivity index (χ0) is 16.1. The van der Waals surface area contributed by atoms with Crippen molar-refractivity contribution in [3.05, 3.63) is 0 Å². The summed E-state index contributed by atoms with van der Waals surface area (Å²) in [6, 6.07) is 0. The summed E-state index contributed by atoms with van der Waals surface area (Å²) in [5, 5.41) is 3.57. The van der Waals surface area contributed by atoms with E-state index >= 15 is 0 Å². The topological polar surface area (TPSA) is 40.1 Å². The Hall–Kier alpha value is -0.810. The summed E-state index contributed by atoms with van der Waals surface area (Å²) >= 11 is 0. The van der Waals surface area contributed by atoms with E-state index in [2.05, 4.69) is 27.0 Å². The van der Waals surface area contributed by atoms with Gasteiger partial charge in [0.2, 0.25) is 0 Å². The number of aliphatic imine (C=N–C) groups is 1. The maximum atomic E-state index is 5.62. The summed E-state index contributed by atoms with van der Waals surface area (Å²) in [7, 11) is 1.91. The highest BCUT2D eigenvalue weighted by atomic mass is 16.5. The highest BCUT2D eigenvalue weighted by molar-refractivity contribution is 5.80. The van der Waals surface area contributed by atoms with Crippen LogP contribution in [0.4, 0.5) is 0 Å².